The quantitative estimate of drug-likeness (QED) is 0.587. The van der Waals surface area contributed by atoms with E-state index in [4.69, 9.17) is 5.73 Å². The molecule has 0 saturated carbocycles. The van der Waals surface area contributed by atoms with Crippen LogP contribution < -0.4 is 5.73 Å². The van der Waals surface area contributed by atoms with E-state index in [2.05, 4.69) is 34.6 Å². The van der Waals surface area contributed by atoms with Gasteiger partial charge in [-0.25, -0.2) is 0 Å². The summed E-state index contributed by atoms with van der Waals surface area (Å²) in [7, 11) is 0. The summed E-state index contributed by atoms with van der Waals surface area (Å²) in [4.78, 5) is 0. The van der Waals surface area contributed by atoms with Crippen LogP contribution in [0.3, 0.4) is 0 Å². The number of nitrogens with two attached hydrogens (primary N) is 1. The molecule has 0 aliphatic rings. The first-order valence-electron chi connectivity index (χ1n) is 7.00. The van der Waals surface area contributed by atoms with Gasteiger partial charge >= 0.3 is 0 Å². The highest BCUT2D eigenvalue weighted by Gasteiger charge is 2.10. The van der Waals surface area contributed by atoms with E-state index in [0.29, 0.717) is 5.41 Å². The number of hydrogen-bond donors (Lipinski definition) is 1. The summed E-state index contributed by atoms with van der Waals surface area (Å²) in [6.45, 7) is 11.2. The second kappa shape index (κ2) is 7.32. The molecular weight excluding hydrogens is 194 g/mol. The molecule has 0 spiro atoms. The van der Waals surface area contributed by atoms with Crippen LogP contribution in [0, 0.1) is 5.41 Å². The summed E-state index contributed by atoms with van der Waals surface area (Å²) in [5.41, 5.74) is 6.50. The van der Waals surface area contributed by atoms with Gasteiger partial charge in [0.15, 0.2) is 0 Å². The molecule has 0 aromatic rings. The van der Waals surface area contributed by atoms with Crippen molar-refractivity contribution in [2.24, 2.45) is 11.1 Å². The summed E-state index contributed by atoms with van der Waals surface area (Å²) in [6.07, 6.45) is 10.8. The van der Waals surface area contributed by atoms with Crippen molar-refractivity contribution in [3.63, 3.8) is 0 Å². The molecule has 0 atom stereocenters. The van der Waals surface area contributed by atoms with Gasteiger partial charge in [0.25, 0.3) is 0 Å². The van der Waals surface area contributed by atoms with Crippen molar-refractivity contribution in [3.05, 3.63) is 0 Å². The van der Waals surface area contributed by atoms with Gasteiger partial charge in [-0.2, -0.15) is 0 Å². The maximum absolute atomic E-state index is 5.95. The Kier molecular flexibility index (Phi) is 7.30. The third-order valence-electron chi connectivity index (χ3n) is 3.00. The molecule has 0 aliphatic heterocycles. The van der Waals surface area contributed by atoms with Crippen LogP contribution in [-0.4, -0.2) is 5.54 Å². The first kappa shape index (κ1) is 16.0. The van der Waals surface area contributed by atoms with Crippen molar-refractivity contribution in [2.45, 2.75) is 91.5 Å². The topological polar surface area (TPSA) is 26.0 Å². The molecule has 0 unspecified atom stereocenters. The van der Waals surface area contributed by atoms with Crippen LogP contribution in [0.5, 0.6) is 0 Å². The van der Waals surface area contributed by atoms with Crippen molar-refractivity contribution in [2.75, 3.05) is 0 Å². The average molecular weight is 227 g/mol. The Morgan fingerprint density at radius 1 is 0.625 bits per heavy atom. The Hall–Kier alpha value is -0.0400. The van der Waals surface area contributed by atoms with Gasteiger partial charge in [-0.05, 0) is 32.1 Å². The van der Waals surface area contributed by atoms with E-state index in [-0.39, 0.29) is 5.54 Å². The minimum Gasteiger partial charge on any atom is -0.326 e. The molecule has 0 amide bonds. The number of hydrogen-bond acceptors (Lipinski definition) is 1. The highest BCUT2D eigenvalue weighted by molar-refractivity contribution is 4.70. The van der Waals surface area contributed by atoms with Crippen LogP contribution in [-0.2, 0) is 0 Å². The highest BCUT2D eigenvalue weighted by Crippen LogP contribution is 2.22. The molecule has 1 nitrogen and oxygen atoms in total. The molecular formula is C15H33N. The van der Waals surface area contributed by atoms with E-state index in [1.165, 1.54) is 44.9 Å². The SMILES string of the molecule is CC(C)(C)CCCCCCCCC(C)(C)N. The molecule has 0 radical (unpaired) electrons. The second-order valence-electron chi connectivity index (χ2n) is 7.17. The van der Waals surface area contributed by atoms with E-state index in [1.807, 2.05) is 0 Å². The monoisotopic (exact) mass is 227 g/mol. The summed E-state index contributed by atoms with van der Waals surface area (Å²) in [5, 5.41) is 0. The van der Waals surface area contributed by atoms with E-state index >= 15 is 0 Å². The second-order valence-corrected chi connectivity index (χ2v) is 7.17. The molecule has 0 aromatic carbocycles. The van der Waals surface area contributed by atoms with Crippen LogP contribution in [0.1, 0.15) is 86.0 Å². The van der Waals surface area contributed by atoms with E-state index in [1.54, 1.807) is 0 Å². The summed E-state index contributed by atoms with van der Waals surface area (Å²) in [5.74, 6) is 0. The van der Waals surface area contributed by atoms with Gasteiger partial charge in [0.2, 0.25) is 0 Å². The molecule has 0 aromatic heterocycles. The first-order valence-corrected chi connectivity index (χ1v) is 7.00. The Labute approximate surface area is 103 Å². The fourth-order valence-electron chi connectivity index (χ4n) is 1.94. The van der Waals surface area contributed by atoms with Gasteiger partial charge in [-0.1, -0.05) is 59.3 Å². The minimum absolute atomic E-state index is 0.0340. The van der Waals surface area contributed by atoms with Crippen molar-refractivity contribution in [1.82, 2.24) is 0 Å². The fourth-order valence-corrected chi connectivity index (χ4v) is 1.94. The number of unbranched alkanes of at least 4 members (excludes halogenated alkanes) is 5. The summed E-state index contributed by atoms with van der Waals surface area (Å²) >= 11 is 0. The first-order chi connectivity index (χ1) is 7.21. The van der Waals surface area contributed by atoms with E-state index in [0.717, 1.165) is 6.42 Å². The third-order valence-corrected chi connectivity index (χ3v) is 3.00. The molecule has 1 heteroatoms. The molecule has 0 aliphatic carbocycles. The van der Waals surface area contributed by atoms with E-state index < -0.39 is 0 Å². The Morgan fingerprint density at radius 2 is 1.00 bits per heavy atom. The minimum atomic E-state index is 0.0340. The Morgan fingerprint density at radius 3 is 1.38 bits per heavy atom. The van der Waals surface area contributed by atoms with Gasteiger partial charge in [-0.15, -0.1) is 0 Å². The summed E-state index contributed by atoms with van der Waals surface area (Å²) < 4.78 is 0. The van der Waals surface area contributed by atoms with Crippen LogP contribution in [0.25, 0.3) is 0 Å². The molecule has 2 N–H and O–H groups in total. The fraction of sp³-hybridized carbons (Fsp3) is 1.00. The zero-order valence-corrected chi connectivity index (χ0v) is 12.2. The van der Waals surface area contributed by atoms with Gasteiger partial charge in [0.1, 0.15) is 0 Å². The predicted molar refractivity (Wildman–Crippen MR) is 74.7 cm³/mol. The molecule has 98 valence electrons. The lowest BCUT2D eigenvalue weighted by Gasteiger charge is -2.18. The van der Waals surface area contributed by atoms with Gasteiger partial charge in [-0.3, -0.25) is 0 Å². The normalized spacial score (nSPS) is 13.1. The third kappa shape index (κ3) is 14.0. The van der Waals surface area contributed by atoms with Crippen LogP contribution in [0.2, 0.25) is 0 Å². The Bertz CT molecular complexity index is 139. The Balaban J connectivity index is 3.17. The van der Waals surface area contributed by atoms with Crippen LogP contribution in [0.15, 0.2) is 0 Å². The van der Waals surface area contributed by atoms with Crippen molar-refractivity contribution in [3.8, 4) is 0 Å². The molecule has 0 heterocycles. The van der Waals surface area contributed by atoms with Crippen molar-refractivity contribution < 1.29 is 0 Å². The lowest BCUT2D eigenvalue weighted by atomic mass is 9.89. The number of rotatable bonds is 8. The molecule has 0 fully saturated rings. The molecule has 0 rings (SSSR count). The largest absolute Gasteiger partial charge is 0.326 e. The van der Waals surface area contributed by atoms with Gasteiger partial charge in [0, 0.05) is 5.54 Å². The van der Waals surface area contributed by atoms with Crippen molar-refractivity contribution >= 4 is 0 Å². The molecule has 0 bridgehead atoms. The van der Waals surface area contributed by atoms with Gasteiger partial charge in [0.05, 0.1) is 0 Å². The zero-order chi connectivity index (χ0) is 12.7. The van der Waals surface area contributed by atoms with Crippen LogP contribution in [0.4, 0.5) is 0 Å². The predicted octanol–water partition coefficient (Wildman–Crippen LogP) is 4.89. The van der Waals surface area contributed by atoms with E-state index in [9.17, 15) is 0 Å². The summed E-state index contributed by atoms with van der Waals surface area (Å²) in [6, 6.07) is 0. The van der Waals surface area contributed by atoms with Crippen molar-refractivity contribution in [1.29, 1.82) is 0 Å². The molecule has 16 heavy (non-hydrogen) atoms. The molecule has 0 saturated heterocycles. The average Bonchev–Trinajstić information content (AvgIpc) is 2.06. The smallest absolute Gasteiger partial charge is 0.00970 e. The lowest BCUT2D eigenvalue weighted by molar-refractivity contribution is 0.355. The highest BCUT2D eigenvalue weighted by atomic mass is 14.7. The maximum atomic E-state index is 5.95. The lowest BCUT2D eigenvalue weighted by Crippen LogP contribution is -2.31. The standard InChI is InChI=1S/C15H33N/c1-14(2,3)12-10-8-6-7-9-11-13-15(4,5)16/h6-13,16H2,1-5H3. The zero-order valence-electron chi connectivity index (χ0n) is 12.2. The maximum Gasteiger partial charge on any atom is 0.00970 e. The van der Waals surface area contributed by atoms with Crippen LogP contribution >= 0.6 is 0 Å². The van der Waals surface area contributed by atoms with Gasteiger partial charge < -0.3 is 5.73 Å².